The molecule has 1 aromatic heterocycles. The van der Waals surface area contributed by atoms with Crippen molar-refractivity contribution >= 4 is 11.6 Å². The third-order valence-electron chi connectivity index (χ3n) is 3.05. The first-order chi connectivity index (χ1) is 9.50. The summed E-state index contributed by atoms with van der Waals surface area (Å²) in [6, 6.07) is 4.56. The Morgan fingerprint density at radius 3 is 2.80 bits per heavy atom. The number of nitrogens with zero attached hydrogens (tertiary/aromatic N) is 2. The second-order valence-electron chi connectivity index (χ2n) is 4.43. The molecule has 0 saturated heterocycles. The smallest absolute Gasteiger partial charge is 0.282 e. The Morgan fingerprint density at radius 2 is 2.20 bits per heavy atom. The van der Waals surface area contributed by atoms with Crippen LogP contribution in [0.2, 0.25) is 0 Å². The van der Waals surface area contributed by atoms with Gasteiger partial charge in [0.1, 0.15) is 5.56 Å². The van der Waals surface area contributed by atoms with Gasteiger partial charge in [0.25, 0.3) is 11.6 Å². The number of nitro benzene ring substituents is 1. The van der Waals surface area contributed by atoms with E-state index >= 15 is 0 Å². The molecule has 1 aromatic carbocycles. The monoisotopic (exact) mass is 274 g/mol. The number of hydrogen-bond donors (Lipinski definition) is 2. The number of aromatic amines is 1. The topological polar surface area (TPSA) is 101 Å². The SMILES string of the molecule is Cc1cccc([N+](=O)[O-])c1C(=O)NCc1cn[nH]c1C. The Labute approximate surface area is 115 Å². The van der Waals surface area contributed by atoms with E-state index in [4.69, 9.17) is 0 Å². The molecular weight excluding hydrogens is 260 g/mol. The second-order valence-corrected chi connectivity index (χ2v) is 4.43. The first-order valence-electron chi connectivity index (χ1n) is 6.01. The van der Waals surface area contributed by atoms with E-state index in [-0.39, 0.29) is 17.8 Å². The quantitative estimate of drug-likeness (QED) is 0.656. The van der Waals surface area contributed by atoms with E-state index in [2.05, 4.69) is 15.5 Å². The molecule has 2 N–H and O–H groups in total. The molecule has 20 heavy (non-hydrogen) atoms. The summed E-state index contributed by atoms with van der Waals surface area (Å²) >= 11 is 0. The minimum Gasteiger partial charge on any atom is -0.348 e. The molecule has 0 unspecified atom stereocenters. The molecule has 0 aliphatic rings. The van der Waals surface area contributed by atoms with Crippen LogP contribution in [0.4, 0.5) is 5.69 Å². The van der Waals surface area contributed by atoms with Crippen molar-refractivity contribution in [2.75, 3.05) is 0 Å². The fraction of sp³-hybridized carbons (Fsp3) is 0.231. The van der Waals surface area contributed by atoms with E-state index < -0.39 is 10.8 Å². The molecule has 0 radical (unpaired) electrons. The Balaban J connectivity index is 2.21. The minimum absolute atomic E-state index is 0.0960. The van der Waals surface area contributed by atoms with Gasteiger partial charge in [-0.25, -0.2) is 0 Å². The lowest BCUT2D eigenvalue weighted by molar-refractivity contribution is -0.385. The van der Waals surface area contributed by atoms with Crippen LogP contribution < -0.4 is 5.32 Å². The number of nitro groups is 1. The maximum atomic E-state index is 12.2. The van der Waals surface area contributed by atoms with Crippen LogP contribution in [0.3, 0.4) is 0 Å². The third-order valence-corrected chi connectivity index (χ3v) is 3.05. The summed E-state index contributed by atoms with van der Waals surface area (Å²) in [6.45, 7) is 3.78. The summed E-state index contributed by atoms with van der Waals surface area (Å²) in [5, 5.41) is 20.3. The summed E-state index contributed by atoms with van der Waals surface area (Å²) in [4.78, 5) is 22.6. The number of benzene rings is 1. The highest BCUT2D eigenvalue weighted by atomic mass is 16.6. The average Bonchev–Trinajstić information content (AvgIpc) is 2.81. The van der Waals surface area contributed by atoms with E-state index in [0.29, 0.717) is 5.56 Å². The van der Waals surface area contributed by atoms with Crippen LogP contribution in [0.1, 0.15) is 27.2 Å². The van der Waals surface area contributed by atoms with E-state index in [1.165, 1.54) is 6.07 Å². The summed E-state index contributed by atoms with van der Waals surface area (Å²) in [7, 11) is 0. The van der Waals surface area contributed by atoms with Crippen molar-refractivity contribution < 1.29 is 9.72 Å². The highest BCUT2D eigenvalue weighted by molar-refractivity contribution is 5.99. The largest absolute Gasteiger partial charge is 0.348 e. The van der Waals surface area contributed by atoms with Gasteiger partial charge in [0, 0.05) is 23.9 Å². The van der Waals surface area contributed by atoms with Crippen LogP contribution in [-0.4, -0.2) is 21.0 Å². The number of H-pyrrole nitrogens is 1. The molecule has 0 aliphatic heterocycles. The number of hydrogen-bond acceptors (Lipinski definition) is 4. The zero-order valence-electron chi connectivity index (χ0n) is 11.1. The van der Waals surface area contributed by atoms with Gasteiger partial charge in [0.05, 0.1) is 11.1 Å². The number of carbonyl (C=O) groups is 1. The molecule has 0 bridgehead atoms. The number of rotatable bonds is 4. The van der Waals surface area contributed by atoms with Gasteiger partial charge in [0.15, 0.2) is 0 Å². The summed E-state index contributed by atoms with van der Waals surface area (Å²) in [5.74, 6) is -0.463. The van der Waals surface area contributed by atoms with E-state index in [1.54, 1.807) is 25.3 Å². The Morgan fingerprint density at radius 1 is 1.45 bits per heavy atom. The fourth-order valence-electron chi connectivity index (χ4n) is 1.92. The van der Waals surface area contributed by atoms with Crippen LogP contribution in [0, 0.1) is 24.0 Å². The third kappa shape index (κ3) is 2.66. The molecule has 1 amide bonds. The Kier molecular flexibility index (Phi) is 3.79. The molecule has 0 atom stereocenters. The van der Waals surface area contributed by atoms with Gasteiger partial charge in [-0.05, 0) is 19.4 Å². The van der Waals surface area contributed by atoms with Crippen molar-refractivity contribution in [2.24, 2.45) is 0 Å². The van der Waals surface area contributed by atoms with Gasteiger partial charge in [-0.15, -0.1) is 0 Å². The van der Waals surface area contributed by atoms with Crippen LogP contribution >= 0.6 is 0 Å². The highest BCUT2D eigenvalue weighted by Crippen LogP contribution is 2.21. The molecule has 2 rings (SSSR count). The van der Waals surface area contributed by atoms with Gasteiger partial charge in [-0.3, -0.25) is 20.0 Å². The van der Waals surface area contributed by atoms with Crippen molar-refractivity contribution in [3.63, 3.8) is 0 Å². The summed E-state index contributed by atoms with van der Waals surface area (Å²) < 4.78 is 0. The average molecular weight is 274 g/mol. The Hall–Kier alpha value is -2.70. The van der Waals surface area contributed by atoms with Crippen LogP contribution in [-0.2, 0) is 6.54 Å². The standard InChI is InChI=1S/C13H14N4O3/c1-8-4-3-5-11(17(19)20)12(8)13(18)14-6-10-7-15-16-9(10)2/h3-5,7H,6H2,1-2H3,(H,14,18)(H,15,16). The summed E-state index contributed by atoms with van der Waals surface area (Å²) in [5.41, 5.74) is 2.17. The van der Waals surface area contributed by atoms with E-state index in [9.17, 15) is 14.9 Å². The maximum Gasteiger partial charge on any atom is 0.282 e. The minimum atomic E-state index is -0.551. The molecule has 104 valence electrons. The maximum absolute atomic E-state index is 12.2. The zero-order valence-corrected chi connectivity index (χ0v) is 11.1. The van der Waals surface area contributed by atoms with Crippen LogP contribution in [0.15, 0.2) is 24.4 Å². The van der Waals surface area contributed by atoms with Crippen molar-refractivity contribution in [1.82, 2.24) is 15.5 Å². The Bertz CT molecular complexity index is 663. The van der Waals surface area contributed by atoms with Crippen molar-refractivity contribution in [3.05, 3.63) is 56.9 Å². The molecular formula is C13H14N4O3. The molecule has 7 nitrogen and oxygen atoms in total. The van der Waals surface area contributed by atoms with E-state index in [1.807, 2.05) is 6.92 Å². The van der Waals surface area contributed by atoms with Crippen LogP contribution in [0.5, 0.6) is 0 Å². The first kappa shape index (κ1) is 13.7. The van der Waals surface area contributed by atoms with Gasteiger partial charge in [-0.2, -0.15) is 5.10 Å². The molecule has 0 saturated carbocycles. The lowest BCUT2D eigenvalue weighted by atomic mass is 10.1. The van der Waals surface area contributed by atoms with Crippen molar-refractivity contribution in [1.29, 1.82) is 0 Å². The van der Waals surface area contributed by atoms with Gasteiger partial charge < -0.3 is 5.32 Å². The van der Waals surface area contributed by atoms with E-state index in [0.717, 1.165) is 11.3 Å². The molecule has 0 aliphatic carbocycles. The predicted octanol–water partition coefficient (Wildman–Crippen LogP) is 1.86. The molecule has 7 heteroatoms. The van der Waals surface area contributed by atoms with Gasteiger partial charge in [0.2, 0.25) is 0 Å². The molecule has 2 aromatic rings. The van der Waals surface area contributed by atoms with Crippen molar-refractivity contribution in [2.45, 2.75) is 20.4 Å². The molecule has 1 heterocycles. The lowest BCUT2D eigenvalue weighted by Gasteiger charge is -2.07. The molecule has 0 fully saturated rings. The van der Waals surface area contributed by atoms with Gasteiger partial charge in [-0.1, -0.05) is 12.1 Å². The number of carbonyl (C=O) groups excluding carboxylic acids is 1. The predicted molar refractivity (Wildman–Crippen MR) is 72.3 cm³/mol. The lowest BCUT2D eigenvalue weighted by Crippen LogP contribution is -2.24. The van der Waals surface area contributed by atoms with Gasteiger partial charge >= 0.3 is 0 Å². The normalized spacial score (nSPS) is 10.3. The second kappa shape index (κ2) is 5.52. The number of nitrogens with one attached hydrogen (secondary N) is 2. The zero-order chi connectivity index (χ0) is 14.7. The van der Waals surface area contributed by atoms with Crippen LogP contribution in [0.25, 0.3) is 0 Å². The number of amides is 1. The number of aryl methyl sites for hydroxylation is 2. The number of aromatic nitrogens is 2. The fourth-order valence-corrected chi connectivity index (χ4v) is 1.92. The summed E-state index contributed by atoms with van der Waals surface area (Å²) in [6.07, 6.45) is 1.61. The highest BCUT2D eigenvalue weighted by Gasteiger charge is 2.21. The van der Waals surface area contributed by atoms with Crippen molar-refractivity contribution in [3.8, 4) is 0 Å². The first-order valence-corrected chi connectivity index (χ1v) is 6.01. The molecule has 0 spiro atoms.